The minimum atomic E-state index is 0.0126. The van der Waals surface area contributed by atoms with Gasteiger partial charge >= 0.3 is 0 Å². The number of hydrogen-bond acceptors (Lipinski definition) is 2. The number of hydrogen-bond donors (Lipinski definition) is 2. The Morgan fingerprint density at radius 1 is 0.938 bits per heavy atom. The molecule has 0 aromatic rings. The highest BCUT2D eigenvalue weighted by Crippen LogP contribution is 1.95. The van der Waals surface area contributed by atoms with Gasteiger partial charge in [0.1, 0.15) is 0 Å². The average Bonchev–Trinajstić information content (AvgIpc) is 2.31. The Labute approximate surface area is 97.7 Å². The molecule has 0 aliphatic carbocycles. The van der Waals surface area contributed by atoms with E-state index < -0.39 is 0 Å². The molecular weight excluding hydrogens is 200 g/mol. The molecule has 0 aromatic heterocycles. The summed E-state index contributed by atoms with van der Waals surface area (Å²) in [7, 11) is 0. The van der Waals surface area contributed by atoms with Crippen LogP contribution >= 0.6 is 0 Å². The summed E-state index contributed by atoms with van der Waals surface area (Å²) in [4.78, 5) is 0. The highest BCUT2D eigenvalue weighted by atomic mass is 16.3. The van der Waals surface area contributed by atoms with Crippen molar-refractivity contribution in [2.45, 2.75) is 25.7 Å². The van der Waals surface area contributed by atoms with E-state index in [0.29, 0.717) is 6.42 Å². The molecule has 0 fully saturated rings. The van der Waals surface area contributed by atoms with Gasteiger partial charge in [0.15, 0.2) is 0 Å². The standard InChI is InChI=1S/C14H18O2/c15-13-11-9-7-5-3-1-2-4-6-8-10-12-14-16/h3,5,10,12,15-16H,1,7,9,11,13-14H2/b5-3+,12-10+. The Kier molecular flexibility index (Phi) is 12.3. The summed E-state index contributed by atoms with van der Waals surface area (Å²) in [5, 5.41) is 17.0. The molecule has 0 atom stereocenters. The lowest BCUT2D eigenvalue weighted by Gasteiger charge is -1.89. The lowest BCUT2D eigenvalue weighted by molar-refractivity contribution is 0.285. The molecule has 16 heavy (non-hydrogen) atoms. The van der Waals surface area contributed by atoms with Gasteiger partial charge in [0.05, 0.1) is 6.61 Å². The summed E-state index contributed by atoms with van der Waals surface area (Å²) in [5.74, 6) is 11.0. The summed E-state index contributed by atoms with van der Waals surface area (Å²) < 4.78 is 0. The number of aliphatic hydroxyl groups excluding tert-OH is 2. The molecule has 0 amide bonds. The fourth-order valence-corrected chi connectivity index (χ4v) is 0.919. The summed E-state index contributed by atoms with van der Waals surface area (Å²) in [6, 6.07) is 0. The van der Waals surface area contributed by atoms with Crippen LogP contribution < -0.4 is 0 Å². The molecule has 0 aliphatic rings. The van der Waals surface area contributed by atoms with Gasteiger partial charge in [0.25, 0.3) is 0 Å². The van der Waals surface area contributed by atoms with Crippen LogP contribution in [0.1, 0.15) is 25.7 Å². The van der Waals surface area contributed by atoms with E-state index in [1.165, 1.54) is 0 Å². The molecule has 0 unspecified atom stereocenters. The van der Waals surface area contributed by atoms with E-state index in [1.807, 2.05) is 6.08 Å². The van der Waals surface area contributed by atoms with Crippen molar-refractivity contribution in [2.24, 2.45) is 0 Å². The van der Waals surface area contributed by atoms with E-state index >= 15 is 0 Å². The molecule has 0 rings (SSSR count). The van der Waals surface area contributed by atoms with Gasteiger partial charge in [-0.1, -0.05) is 30.1 Å². The Balaban J connectivity index is 3.52. The highest BCUT2D eigenvalue weighted by molar-refractivity contribution is 5.31. The van der Waals surface area contributed by atoms with Crippen LogP contribution in [0.25, 0.3) is 0 Å². The molecule has 0 aromatic carbocycles. The zero-order chi connectivity index (χ0) is 11.9. The van der Waals surface area contributed by atoms with E-state index in [0.717, 1.165) is 19.3 Å². The summed E-state index contributed by atoms with van der Waals surface area (Å²) in [6.45, 7) is 0.281. The molecule has 2 N–H and O–H groups in total. The first-order valence-electron chi connectivity index (χ1n) is 5.42. The van der Waals surface area contributed by atoms with Crippen LogP contribution in [0.4, 0.5) is 0 Å². The molecule has 0 saturated carbocycles. The van der Waals surface area contributed by atoms with Crippen LogP contribution in [-0.2, 0) is 0 Å². The number of allylic oxidation sites excluding steroid dienone is 3. The minimum Gasteiger partial charge on any atom is -0.396 e. The lowest BCUT2D eigenvalue weighted by atomic mass is 10.2. The van der Waals surface area contributed by atoms with Crippen molar-refractivity contribution in [3.05, 3.63) is 24.3 Å². The second-order valence-corrected chi connectivity index (χ2v) is 3.05. The first kappa shape index (κ1) is 14.5. The third-order valence-corrected chi connectivity index (χ3v) is 1.70. The van der Waals surface area contributed by atoms with Crippen LogP contribution in [0.2, 0.25) is 0 Å². The van der Waals surface area contributed by atoms with Crippen LogP contribution in [0.5, 0.6) is 0 Å². The van der Waals surface area contributed by atoms with Crippen LogP contribution in [0, 0.1) is 23.7 Å². The van der Waals surface area contributed by atoms with Crippen molar-refractivity contribution in [2.75, 3.05) is 13.2 Å². The summed E-state index contributed by atoms with van der Waals surface area (Å²) in [6.07, 6.45) is 10.8. The fourth-order valence-electron chi connectivity index (χ4n) is 0.919. The molecule has 0 saturated heterocycles. The van der Waals surface area contributed by atoms with E-state index in [4.69, 9.17) is 10.2 Å². The van der Waals surface area contributed by atoms with Gasteiger partial charge in [-0.25, -0.2) is 0 Å². The van der Waals surface area contributed by atoms with Gasteiger partial charge in [-0.15, -0.1) is 0 Å². The maximum Gasteiger partial charge on any atom is 0.0621 e. The zero-order valence-electron chi connectivity index (χ0n) is 9.45. The third-order valence-electron chi connectivity index (χ3n) is 1.70. The van der Waals surface area contributed by atoms with Gasteiger partial charge in [-0.2, -0.15) is 0 Å². The Bertz CT molecular complexity index is 318. The summed E-state index contributed by atoms with van der Waals surface area (Å²) >= 11 is 0. The Morgan fingerprint density at radius 2 is 1.81 bits per heavy atom. The smallest absolute Gasteiger partial charge is 0.0621 e. The van der Waals surface area contributed by atoms with E-state index in [9.17, 15) is 0 Å². The molecule has 2 heteroatoms. The molecule has 0 aliphatic heterocycles. The van der Waals surface area contributed by atoms with Crippen molar-refractivity contribution in [1.29, 1.82) is 0 Å². The first-order valence-corrected chi connectivity index (χ1v) is 5.42. The Morgan fingerprint density at radius 3 is 2.56 bits per heavy atom. The van der Waals surface area contributed by atoms with Gasteiger partial charge in [-0.05, 0) is 37.2 Å². The second kappa shape index (κ2) is 13.5. The van der Waals surface area contributed by atoms with Gasteiger partial charge in [0.2, 0.25) is 0 Å². The lowest BCUT2D eigenvalue weighted by Crippen LogP contribution is -1.79. The molecule has 0 heterocycles. The molecule has 0 radical (unpaired) electrons. The van der Waals surface area contributed by atoms with Gasteiger partial charge < -0.3 is 10.2 Å². The molecule has 86 valence electrons. The van der Waals surface area contributed by atoms with Crippen molar-refractivity contribution in [3.63, 3.8) is 0 Å². The topological polar surface area (TPSA) is 40.5 Å². The largest absolute Gasteiger partial charge is 0.396 e. The average molecular weight is 218 g/mol. The predicted molar refractivity (Wildman–Crippen MR) is 66.5 cm³/mol. The van der Waals surface area contributed by atoms with E-state index in [1.54, 1.807) is 12.2 Å². The molecule has 0 bridgehead atoms. The molecular formula is C14H18O2. The monoisotopic (exact) mass is 218 g/mol. The van der Waals surface area contributed by atoms with E-state index in [2.05, 4.69) is 29.8 Å². The number of rotatable bonds is 6. The van der Waals surface area contributed by atoms with Crippen LogP contribution in [0.15, 0.2) is 24.3 Å². The van der Waals surface area contributed by atoms with Crippen molar-refractivity contribution in [3.8, 4) is 23.7 Å². The Hall–Kier alpha value is -1.48. The zero-order valence-corrected chi connectivity index (χ0v) is 9.45. The second-order valence-electron chi connectivity index (χ2n) is 3.05. The first-order chi connectivity index (χ1) is 7.91. The van der Waals surface area contributed by atoms with E-state index in [-0.39, 0.29) is 13.2 Å². The maximum absolute atomic E-state index is 8.54. The van der Waals surface area contributed by atoms with Gasteiger partial charge in [-0.3, -0.25) is 0 Å². The van der Waals surface area contributed by atoms with Gasteiger partial charge in [0, 0.05) is 13.0 Å². The molecule has 2 nitrogen and oxygen atoms in total. The van der Waals surface area contributed by atoms with Crippen molar-refractivity contribution >= 4 is 0 Å². The normalized spacial score (nSPS) is 9.88. The molecule has 0 spiro atoms. The third kappa shape index (κ3) is 12.5. The van der Waals surface area contributed by atoms with Crippen LogP contribution in [-0.4, -0.2) is 23.4 Å². The quantitative estimate of drug-likeness (QED) is 0.404. The van der Waals surface area contributed by atoms with Crippen LogP contribution in [0.3, 0.4) is 0 Å². The SMILES string of the molecule is OC/C=C/C#CC#CC/C=C/CCCCO. The van der Waals surface area contributed by atoms with Crippen molar-refractivity contribution < 1.29 is 10.2 Å². The predicted octanol–water partition coefficient (Wildman–Crippen LogP) is 1.65. The summed E-state index contributed by atoms with van der Waals surface area (Å²) in [5.41, 5.74) is 0. The van der Waals surface area contributed by atoms with Crippen molar-refractivity contribution in [1.82, 2.24) is 0 Å². The minimum absolute atomic E-state index is 0.0126. The number of aliphatic hydroxyl groups is 2. The fraction of sp³-hybridized carbons (Fsp3) is 0.429. The highest BCUT2D eigenvalue weighted by Gasteiger charge is 1.80. The number of unbranched alkanes of at least 4 members (excludes halogenated alkanes) is 2. The maximum atomic E-state index is 8.54.